The third-order valence-corrected chi connectivity index (χ3v) is 5.52. The molecule has 0 aliphatic rings. The van der Waals surface area contributed by atoms with E-state index >= 15 is 0 Å². The minimum atomic E-state index is -0.506. The molecule has 0 spiro atoms. The van der Waals surface area contributed by atoms with Crippen LogP contribution in [0.1, 0.15) is 54.3 Å². The summed E-state index contributed by atoms with van der Waals surface area (Å²) in [7, 11) is 2.94. The second-order valence-corrected chi connectivity index (χ2v) is 9.70. The van der Waals surface area contributed by atoms with Gasteiger partial charge in [0.1, 0.15) is 5.60 Å². The van der Waals surface area contributed by atoms with Gasteiger partial charge in [0.25, 0.3) is 11.8 Å². The summed E-state index contributed by atoms with van der Waals surface area (Å²) in [5, 5.41) is 23.6. The largest absolute Gasteiger partial charge is 0.504 e. The van der Waals surface area contributed by atoms with Gasteiger partial charge in [-0.1, -0.05) is 23.2 Å². The average Bonchev–Trinajstić information content (AvgIpc) is 2.87. The smallest absolute Gasteiger partial charge is 0.306 e. The van der Waals surface area contributed by atoms with Crippen molar-refractivity contribution in [1.82, 2.24) is 10.6 Å². The van der Waals surface area contributed by atoms with Crippen LogP contribution in [0.15, 0.2) is 24.3 Å². The molecule has 0 aliphatic carbocycles. The third-order valence-electron chi connectivity index (χ3n) is 4.76. The predicted octanol–water partition coefficient (Wildman–Crippen LogP) is 4.23. The van der Waals surface area contributed by atoms with Gasteiger partial charge in [-0.2, -0.15) is 0 Å². The molecular weight excluding hydrogens is 633 g/mol. The highest BCUT2D eigenvalue weighted by Crippen LogP contribution is 2.37. The van der Waals surface area contributed by atoms with Gasteiger partial charge in [-0.3, -0.25) is 14.4 Å². The van der Waals surface area contributed by atoms with Gasteiger partial charge in [-0.25, -0.2) is 0 Å². The number of rotatable bonds is 10. The summed E-state index contributed by atoms with van der Waals surface area (Å²) in [5.41, 5.74) is 5.08. The highest BCUT2D eigenvalue weighted by Gasteiger charge is 2.19. The Kier molecular flexibility index (Phi) is 16.4. The highest BCUT2D eigenvalue weighted by atomic mass is 79.9. The molecule has 0 bridgehead atoms. The van der Waals surface area contributed by atoms with Crippen LogP contribution in [-0.2, 0) is 9.53 Å². The number of phenols is 2. The molecule has 2 rings (SSSR count). The van der Waals surface area contributed by atoms with E-state index in [1.807, 2.05) is 20.8 Å². The molecule has 40 heavy (non-hydrogen) atoms. The van der Waals surface area contributed by atoms with Crippen molar-refractivity contribution in [3.63, 3.8) is 0 Å². The Morgan fingerprint density at radius 3 is 1.98 bits per heavy atom. The molecule has 6 N–H and O–H groups in total. The van der Waals surface area contributed by atoms with Crippen molar-refractivity contribution >= 4 is 58.0 Å². The lowest BCUT2D eigenvalue weighted by molar-refractivity contribution is -0.154. The first-order chi connectivity index (χ1) is 18.3. The number of phenolic OH excluding ortho intramolecular Hbond substituents is 2. The second kappa shape index (κ2) is 17.7. The van der Waals surface area contributed by atoms with E-state index in [4.69, 9.17) is 48.3 Å². The van der Waals surface area contributed by atoms with Crippen LogP contribution in [0.3, 0.4) is 0 Å². The minimum Gasteiger partial charge on any atom is -0.504 e. The Hall–Kier alpha value is -2.93. The number of methoxy groups -OCH3 is 2. The third kappa shape index (κ3) is 11.7. The van der Waals surface area contributed by atoms with Crippen molar-refractivity contribution in [1.29, 1.82) is 0 Å². The summed E-state index contributed by atoms with van der Waals surface area (Å²) in [6.45, 7) is 6.40. The van der Waals surface area contributed by atoms with Gasteiger partial charge in [-0.05, 0) is 51.5 Å². The Morgan fingerprint density at radius 1 is 0.900 bits per heavy atom. The Morgan fingerprint density at radius 2 is 1.45 bits per heavy atom. The Labute approximate surface area is 254 Å². The molecule has 0 heterocycles. The van der Waals surface area contributed by atoms with Crippen LogP contribution in [0.25, 0.3) is 0 Å². The lowest BCUT2D eigenvalue weighted by Crippen LogP contribution is -2.29. The van der Waals surface area contributed by atoms with E-state index in [1.54, 1.807) is 12.1 Å². The molecule has 224 valence electrons. The summed E-state index contributed by atoms with van der Waals surface area (Å²) in [4.78, 5) is 35.2. The molecule has 0 saturated heterocycles. The molecule has 0 atom stereocenters. The number of halogens is 3. The van der Waals surface area contributed by atoms with Gasteiger partial charge in [0.05, 0.1) is 35.4 Å². The minimum absolute atomic E-state index is 0. The zero-order valence-corrected chi connectivity index (χ0v) is 26.2. The summed E-state index contributed by atoms with van der Waals surface area (Å²) in [6, 6.07) is 5.69. The van der Waals surface area contributed by atoms with Crippen LogP contribution < -0.4 is 25.8 Å². The van der Waals surface area contributed by atoms with Crippen molar-refractivity contribution < 1.29 is 38.8 Å². The summed E-state index contributed by atoms with van der Waals surface area (Å²) in [5.74, 6) is -1.19. The molecule has 0 fully saturated rings. The van der Waals surface area contributed by atoms with Gasteiger partial charge >= 0.3 is 5.97 Å². The SMILES string of the molecule is Br.COc1ccc(C(=O)NCCCC(=O)OC(C)(C)C)c(Cl)c1OC.NCCNC(=O)c1ccc(O)c(O)c1Cl. The van der Waals surface area contributed by atoms with Gasteiger partial charge < -0.3 is 40.8 Å². The molecule has 14 heteroatoms. The van der Waals surface area contributed by atoms with E-state index in [2.05, 4.69) is 10.6 Å². The van der Waals surface area contributed by atoms with Crippen molar-refractivity contribution in [2.75, 3.05) is 33.9 Å². The van der Waals surface area contributed by atoms with Crippen LogP contribution in [0.4, 0.5) is 0 Å². The lowest BCUT2D eigenvalue weighted by Gasteiger charge is -2.19. The molecule has 2 aromatic carbocycles. The van der Waals surface area contributed by atoms with Gasteiger partial charge in [-0.15, -0.1) is 17.0 Å². The van der Waals surface area contributed by atoms with Gasteiger partial charge in [0.2, 0.25) is 0 Å². The van der Waals surface area contributed by atoms with Crippen molar-refractivity contribution in [3.8, 4) is 23.0 Å². The normalized spacial score (nSPS) is 10.3. The highest BCUT2D eigenvalue weighted by molar-refractivity contribution is 8.93. The number of benzene rings is 2. The number of esters is 1. The fourth-order valence-electron chi connectivity index (χ4n) is 3.00. The monoisotopic (exact) mass is 667 g/mol. The number of carbonyl (C=O) groups is 3. The number of amides is 2. The zero-order chi connectivity index (χ0) is 29.8. The van der Waals surface area contributed by atoms with Crippen LogP contribution in [0.2, 0.25) is 10.0 Å². The number of ether oxygens (including phenoxy) is 3. The average molecular weight is 669 g/mol. The number of aromatic hydroxyl groups is 2. The number of nitrogens with two attached hydrogens (primary N) is 1. The van der Waals surface area contributed by atoms with Gasteiger partial charge in [0, 0.05) is 26.1 Å². The van der Waals surface area contributed by atoms with E-state index in [-0.39, 0.29) is 62.2 Å². The molecule has 0 unspecified atom stereocenters. The molecule has 0 saturated carbocycles. The van der Waals surface area contributed by atoms with Gasteiger partial charge in [0.15, 0.2) is 23.0 Å². The maximum Gasteiger partial charge on any atom is 0.306 e. The van der Waals surface area contributed by atoms with E-state index in [9.17, 15) is 19.5 Å². The van der Waals surface area contributed by atoms with Crippen molar-refractivity contribution in [2.45, 2.75) is 39.2 Å². The molecule has 0 aromatic heterocycles. The summed E-state index contributed by atoms with van der Waals surface area (Å²) >= 11 is 11.9. The molecule has 0 aliphatic heterocycles. The van der Waals surface area contributed by atoms with Crippen LogP contribution >= 0.6 is 40.2 Å². The quantitative estimate of drug-likeness (QED) is 0.141. The number of carbonyl (C=O) groups excluding carboxylic acids is 3. The fourth-order valence-corrected chi connectivity index (χ4v) is 3.56. The zero-order valence-electron chi connectivity index (χ0n) is 22.9. The summed E-state index contributed by atoms with van der Waals surface area (Å²) in [6.07, 6.45) is 0.711. The van der Waals surface area contributed by atoms with Crippen molar-refractivity contribution in [2.24, 2.45) is 5.73 Å². The number of nitrogens with one attached hydrogen (secondary N) is 2. The lowest BCUT2D eigenvalue weighted by atomic mass is 10.1. The van der Waals surface area contributed by atoms with Crippen molar-refractivity contribution in [3.05, 3.63) is 45.4 Å². The molecule has 11 nitrogen and oxygen atoms in total. The maximum atomic E-state index is 12.2. The molecule has 2 aromatic rings. The topological polar surface area (TPSA) is 169 Å². The Balaban J connectivity index is 0.000000819. The molecule has 0 radical (unpaired) electrons. The second-order valence-electron chi connectivity index (χ2n) is 8.95. The first-order valence-corrected chi connectivity index (χ1v) is 12.6. The molecular formula is C26H36BrCl2N3O8. The van der Waals surface area contributed by atoms with E-state index in [0.29, 0.717) is 37.6 Å². The molecule has 2 amide bonds. The number of hydrogen-bond acceptors (Lipinski definition) is 9. The van der Waals surface area contributed by atoms with E-state index in [0.717, 1.165) is 0 Å². The Bertz CT molecular complexity index is 1160. The standard InChI is InChI=1S/C17H24ClNO5.C9H11ClN2O3.BrH/c1-17(2,3)24-13(20)7-6-10-19-16(21)11-8-9-12(22-4)15(23-5)14(11)18;10-7-5(9(15)12-4-3-11)1-2-6(13)8(7)14;/h8-9H,6-7,10H2,1-5H3,(H,19,21);1-2,13-14H,3-4,11H2,(H,12,15);1H. The van der Waals surface area contributed by atoms with Crippen LogP contribution in [0, 0.1) is 0 Å². The predicted molar refractivity (Wildman–Crippen MR) is 158 cm³/mol. The first kappa shape index (κ1) is 37.1. The van der Waals surface area contributed by atoms with Crippen LogP contribution in [0.5, 0.6) is 23.0 Å². The fraction of sp³-hybridized carbons (Fsp3) is 0.423. The number of hydrogen-bond donors (Lipinski definition) is 5. The first-order valence-electron chi connectivity index (χ1n) is 11.9. The summed E-state index contributed by atoms with van der Waals surface area (Å²) < 4.78 is 15.5. The van der Waals surface area contributed by atoms with E-state index in [1.165, 1.54) is 26.4 Å². The van der Waals surface area contributed by atoms with Crippen LogP contribution in [-0.4, -0.2) is 67.5 Å². The maximum absolute atomic E-state index is 12.2. The van der Waals surface area contributed by atoms with E-state index < -0.39 is 17.3 Å².